The molecule has 0 radical (unpaired) electrons. The van der Waals surface area contributed by atoms with Crippen molar-refractivity contribution in [3.63, 3.8) is 0 Å². The van der Waals surface area contributed by atoms with Gasteiger partial charge in [-0.05, 0) is 17.7 Å². The number of sulfonamides is 1. The van der Waals surface area contributed by atoms with Gasteiger partial charge in [-0.15, -0.1) is 0 Å². The van der Waals surface area contributed by atoms with Gasteiger partial charge >= 0.3 is 0 Å². The molecule has 0 bridgehead atoms. The monoisotopic (exact) mass is 285 g/mol. The number of nitrogens with two attached hydrogens (primary N) is 1. The van der Waals surface area contributed by atoms with Crippen molar-refractivity contribution >= 4 is 15.7 Å². The Morgan fingerprint density at radius 2 is 1.89 bits per heavy atom. The summed E-state index contributed by atoms with van der Waals surface area (Å²) in [5.41, 5.74) is 7.03. The zero-order chi connectivity index (χ0) is 14.0. The van der Waals surface area contributed by atoms with Gasteiger partial charge in [0.2, 0.25) is 10.0 Å². The Labute approximate surface area is 113 Å². The van der Waals surface area contributed by atoms with Crippen molar-refractivity contribution in [3.05, 3.63) is 23.8 Å². The molecule has 7 heteroatoms. The molecule has 1 aliphatic rings. The molecule has 0 atom stereocenters. The lowest BCUT2D eigenvalue weighted by Crippen LogP contribution is -2.47. The first-order valence-corrected chi connectivity index (χ1v) is 7.96. The summed E-state index contributed by atoms with van der Waals surface area (Å²) < 4.78 is 24.3. The average molecular weight is 285 g/mol. The molecule has 0 saturated carbocycles. The van der Waals surface area contributed by atoms with Crippen LogP contribution in [0.1, 0.15) is 5.56 Å². The number of nitrogen functional groups attached to an aromatic ring is 1. The first kappa shape index (κ1) is 14.1. The molecule has 0 aromatic heterocycles. The molecule has 2 rings (SSSR count). The van der Waals surface area contributed by atoms with Gasteiger partial charge in [0.1, 0.15) is 5.75 Å². The second kappa shape index (κ2) is 5.36. The molecule has 0 amide bonds. The fourth-order valence-electron chi connectivity index (χ4n) is 2.18. The number of nitrogens with zero attached hydrogens (tertiary/aromatic N) is 2. The molecule has 3 N–H and O–H groups in total. The topological polar surface area (TPSA) is 86.9 Å². The number of aromatic hydroxyl groups is 1. The molecular formula is C12H19N3O3S. The number of rotatable bonds is 3. The summed E-state index contributed by atoms with van der Waals surface area (Å²) in [7, 11) is -3.08. The van der Waals surface area contributed by atoms with E-state index < -0.39 is 10.0 Å². The maximum absolute atomic E-state index is 11.4. The van der Waals surface area contributed by atoms with Crippen LogP contribution < -0.4 is 5.73 Å². The van der Waals surface area contributed by atoms with Gasteiger partial charge in [0.15, 0.2) is 0 Å². The Hall–Kier alpha value is -1.31. The van der Waals surface area contributed by atoms with Crippen LogP contribution in [0.3, 0.4) is 0 Å². The van der Waals surface area contributed by atoms with Gasteiger partial charge in [0, 0.05) is 32.7 Å². The zero-order valence-corrected chi connectivity index (χ0v) is 11.7. The number of hydrogen-bond donors (Lipinski definition) is 2. The summed E-state index contributed by atoms with van der Waals surface area (Å²) in [6.45, 7) is 3.16. The van der Waals surface area contributed by atoms with Crippen LogP contribution in [0.4, 0.5) is 5.69 Å². The highest BCUT2D eigenvalue weighted by Gasteiger charge is 2.23. The predicted molar refractivity (Wildman–Crippen MR) is 74.2 cm³/mol. The highest BCUT2D eigenvalue weighted by atomic mass is 32.2. The van der Waals surface area contributed by atoms with Crippen LogP contribution in [-0.4, -0.2) is 55.2 Å². The summed E-state index contributed by atoms with van der Waals surface area (Å²) >= 11 is 0. The number of anilines is 1. The van der Waals surface area contributed by atoms with Crippen molar-refractivity contribution in [2.45, 2.75) is 6.54 Å². The van der Waals surface area contributed by atoms with Crippen LogP contribution in [0.2, 0.25) is 0 Å². The lowest BCUT2D eigenvalue weighted by molar-refractivity contribution is 0.182. The Bertz CT molecular complexity index is 551. The first-order valence-electron chi connectivity index (χ1n) is 6.11. The number of benzene rings is 1. The number of phenolic OH excluding ortho intramolecular Hbond substituents is 1. The van der Waals surface area contributed by atoms with Gasteiger partial charge in [0.25, 0.3) is 0 Å². The van der Waals surface area contributed by atoms with Crippen LogP contribution >= 0.6 is 0 Å². The molecule has 0 aliphatic carbocycles. The van der Waals surface area contributed by atoms with Gasteiger partial charge in [-0.3, -0.25) is 4.90 Å². The summed E-state index contributed by atoms with van der Waals surface area (Å²) in [5.74, 6) is 0.0886. The normalized spacial score (nSPS) is 18.6. The first-order chi connectivity index (χ1) is 8.86. The van der Waals surface area contributed by atoms with Gasteiger partial charge < -0.3 is 10.8 Å². The van der Waals surface area contributed by atoms with Crippen molar-refractivity contribution in [3.8, 4) is 5.75 Å². The number of hydrogen-bond acceptors (Lipinski definition) is 5. The van der Waals surface area contributed by atoms with Crippen LogP contribution in [0.15, 0.2) is 18.2 Å². The van der Waals surface area contributed by atoms with Crippen molar-refractivity contribution < 1.29 is 13.5 Å². The van der Waals surface area contributed by atoms with Crippen LogP contribution in [0, 0.1) is 0 Å². The Balaban J connectivity index is 1.94. The van der Waals surface area contributed by atoms with E-state index in [2.05, 4.69) is 4.90 Å². The SMILES string of the molecule is CS(=O)(=O)N1CCN(Cc2ccc(O)c(N)c2)CC1. The molecule has 6 nitrogen and oxygen atoms in total. The van der Waals surface area contributed by atoms with Crippen molar-refractivity contribution in [2.24, 2.45) is 0 Å². The van der Waals surface area contributed by atoms with Gasteiger partial charge in [-0.2, -0.15) is 4.31 Å². The molecule has 0 spiro atoms. The van der Waals surface area contributed by atoms with E-state index in [1.807, 2.05) is 6.07 Å². The van der Waals surface area contributed by atoms with E-state index in [9.17, 15) is 13.5 Å². The average Bonchev–Trinajstić information content (AvgIpc) is 2.33. The minimum absolute atomic E-state index is 0.0886. The number of phenols is 1. The fourth-order valence-corrected chi connectivity index (χ4v) is 3.01. The highest BCUT2D eigenvalue weighted by molar-refractivity contribution is 7.88. The fraction of sp³-hybridized carbons (Fsp3) is 0.500. The van der Waals surface area contributed by atoms with E-state index in [1.165, 1.54) is 10.6 Å². The molecule has 1 saturated heterocycles. The molecule has 1 aliphatic heterocycles. The predicted octanol–water partition coefficient (Wildman–Crippen LogP) is 0.0516. The van der Waals surface area contributed by atoms with Crippen LogP contribution in [0.25, 0.3) is 0 Å². The maximum atomic E-state index is 11.4. The van der Waals surface area contributed by atoms with Gasteiger partial charge in [0.05, 0.1) is 11.9 Å². The summed E-state index contributed by atoms with van der Waals surface area (Å²) in [6, 6.07) is 5.16. The quantitative estimate of drug-likeness (QED) is 0.605. The van der Waals surface area contributed by atoms with Crippen LogP contribution in [-0.2, 0) is 16.6 Å². The Kier molecular flexibility index (Phi) is 3.98. The number of piperazine rings is 1. The minimum atomic E-state index is -3.08. The molecule has 1 aromatic rings. The van der Waals surface area contributed by atoms with E-state index >= 15 is 0 Å². The summed E-state index contributed by atoms with van der Waals surface area (Å²) in [4.78, 5) is 2.17. The van der Waals surface area contributed by atoms with Crippen molar-refractivity contribution in [2.75, 3.05) is 38.2 Å². The molecule has 0 unspecified atom stereocenters. The van der Waals surface area contributed by atoms with E-state index in [0.29, 0.717) is 38.4 Å². The molecular weight excluding hydrogens is 266 g/mol. The third kappa shape index (κ3) is 3.59. The van der Waals surface area contributed by atoms with Gasteiger partial charge in [-0.1, -0.05) is 6.07 Å². The smallest absolute Gasteiger partial charge is 0.211 e. The third-order valence-corrected chi connectivity index (χ3v) is 4.60. The largest absolute Gasteiger partial charge is 0.506 e. The van der Waals surface area contributed by atoms with E-state index in [1.54, 1.807) is 12.1 Å². The Morgan fingerprint density at radius 3 is 2.42 bits per heavy atom. The zero-order valence-electron chi connectivity index (χ0n) is 10.9. The van der Waals surface area contributed by atoms with Gasteiger partial charge in [-0.25, -0.2) is 8.42 Å². The molecule has 1 heterocycles. The van der Waals surface area contributed by atoms with E-state index in [4.69, 9.17) is 5.73 Å². The van der Waals surface area contributed by atoms with Crippen molar-refractivity contribution in [1.29, 1.82) is 0 Å². The molecule has 1 fully saturated rings. The minimum Gasteiger partial charge on any atom is -0.506 e. The van der Waals surface area contributed by atoms with Crippen molar-refractivity contribution in [1.82, 2.24) is 9.21 Å². The Morgan fingerprint density at radius 1 is 1.26 bits per heavy atom. The lowest BCUT2D eigenvalue weighted by Gasteiger charge is -2.33. The second-order valence-electron chi connectivity index (χ2n) is 4.83. The lowest BCUT2D eigenvalue weighted by atomic mass is 10.1. The molecule has 106 valence electrons. The van der Waals surface area contributed by atoms with E-state index in [0.717, 1.165) is 5.56 Å². The summed E-state index contributed by atoms with van der Waals surface area (Å²) in [5, 5.41) is 9.36. The molecule has 1 aromatic carbocycles. The third-order valence-electron chi connectivity index (χ3n) is 3.30. The highest BCUT2D eigenvalue weighted by Crippen LogP contribution is 2.21. The van der Waals surface area contributed by atoms with Crippen LogP contribution in [0.5, 0.6) is 5.75 Å². The molecule has 19 heavy (non-hydrogen) atoms. The summed E-state index contributed by atoms with van der Waals surface area (Å²) in [6.07, 6.45) is 1.24. The van der Waals surface area contributed by atoms with E-state index in [-0.39, 0.29) is 5.75 Å². The standard InChI is InChI=1S/C12H19N3O3S/c1-19(17,18)15-6-4-14(5-7-15)9-10-2-3-12(16)11(13)8-10/h2-3,8,16H,4-7,9,13H2,1H3. The second-order valence-corrected chi connectivity index (χ2v) is 6.81. The maximum Gasteiger partial charge on any atom is 0.211 e.